The first-order valence-electron chi connectivity index (χ1n) is 10.7. The minimum Gasteiger partial charge on any atom is -0.452 e. The van der Waals surface area contributed by atoms with Crippen LogP contribution in [0.4, 0.5) is 11.4 Å². The number of hydrogen-bond acceptors (Lipinski definition) is 8. The van der Waals surface area contributed by atoms with Crippen molar-refractivity contribution in [2.45, 2.75) is 30.6 Å². The minimum atomic E-state index is -3.77. The molecule has 2 aromatic carbocycles. The summed E-state index contributed by atoms with van der Waals surface area (Å²) in [6.07, 6.45) is 3.42. The fourth-order valence-corrected chi connectivity index (χ4v) is 4.18. The lowest BCUT2D eigenvalue weighted by atomic mass is 10.1. The second-order valence-corrected chi connectivity index (χ2v) is 9.43. The molecule has 0 radical (unpaired) electrons. The highest BCUT2D eigenvalue weighted by Crippen LogP contribution is 2.28. The van der Waals surface area contributed by atoms with Crippen molar-refractivity contribution in [2.75, 3.05) is 31.1 Å². The molecule has 0 saturated carbocycles. The zero-order valence-electron chi connectivity index (χ0n) is 18.4. The number of ether oxygens (including phenoxy) is 1. The van der Waals surface area contributed by atoms with Crippen LogP contribution in [0, 0.1) is 10.1 Å². The SMILES string of the molecule is NS(=O)(=O)c1ccc(CCNC(=O)COC(=O)c2cc([N+](=O)[O-])ccc2N2CCCCC2)cc1. The van der Waals surface area contributed by atoms with E-state index in [1.807, 2.05) is 4.90 Å². The molecule has 3 N–H and O–H groups in total. The van der Waals surface area contributed by atoms with Gasteiger partial charge in [0.05, 0.1) is 21.1 Å². The quantitative estimate of drug-likeness (QED) is 0.305. The molecular weight excluding hydrogens is 464 g/mol. The monoisotopic (exact) mass is 490 g/mol. The Balaban J connectivity index is 1.55. The van der Waals surface area contributed by atoms with Crippen LogP contribution in [0.5, 0.6) is 0 Å². The number of non-ortho nitro benzene ring substituents is 1. The smallest absolute Gasteiger partial charge is 0.341 e. The number of nitrogens with two attached hydrogens (primary N) is 1. The third-order valence-corrected chi connectivity index (χ3v) is 6.36. The van der Waals surface area contributed by atoms with Gasteiger partial charge in [0.1, 0.15) is 0 Å². The maximum atomic E-state index is 12.7. The van der Waals surface area contributed by atoms with Gasteiger partial charge < -0.3 is 15.0 Å². The van der Waals surface area contributed by atoms with E-state index in [0.29, 0.717) is 12.1 Å². The lowest BCUT2D eigenvalue weighted by molar-refractivity contribution is -0.384. The largest absolute Gasteiger partial charge is 0.452 e. The molecule has 2 aromatic rings. The Bertz CT molecular complexity index is 1160. The Morgan fingerprint density at radius 2 is 1.76 bits per heavy atom. The molecule has 0 spiro atoms. The van der Waals surface area contributed by atoms with Crippen LogP contribution in [-0.2, 0) is 26.0 Å². The number of nitrogens with zero attached hydrogens (tertiary/aromatic N) is 2. The second-order valence-electron chi connectivity index (χ2n) is 7.87. The van der Waals surface area contributed by atoms with Gasteiger partial charge in [0.25, 0.3) is 11.6 Å². The fraction of sp³-hybridized carbons (Fsp3) is 0.364. The zero-order valence-corrected chi connectivity index (χ0v) is 19.3. The van der Waals surface area contributed by atoms with Crippen LogP contribution >= 0.6 is 0 Å². The standard InChI is InChI=1S/C22H26N4O7S/c23-34(31,32)18-7-4-16(5-8-18)10-11-24-21(27)15-33-22(28)19-14-17(26(29)30)6-9-20(19)25-12-2-1-3-13-25/h4-9,14H,1-3,10-13,15H2,(H,24,27)(H2,23,31,32). The average Bonchev–Trinajstić information content (AvgIpc) is 2.82. The van der Waals surface area contributed by atoms with E-state index >= 15 is 0 Å². The molecule has 0 bridgehead atoms. The van der Waals surface area contributed by atoms with Crippen LogP contribution in [0.1, 0.15) is 35.2 Å². The molecule has 12 heteroatoms. The number of nitrogens with one attached hydrogen (secondary N) is 1. The van der Waals surface area contributed by atoms with Gasteiger partial charge in [0.2, 0.25) is 10.0 Å². The molecule has 1 fully saturated rings. The Morgan fingerprint density at radius 1 is 1.09 bits per heavy atom. The van der Waals surface area contributed by atoms with Crippen LogP contribution in [0.3, 0.4) is 0 Å². The number of amides is 1. The predicted octanol–water partition coefficient (Wildman–Crippen LogP) is 1.75. The number of nitro groups is 1. The number of nitro benzene ring substituents is 1. The summed E-state index contributed by atoms with van der Waals surface area (Å²) in [6, 6.07) is 10.0. The molecule has 1 amide bonds. The molecule has 182 valence electrons. The molecule has 34 heavy (non-hydrogen) atoms. The van der Waals surface area contributed by atoms with E-state index in [1.54, 1.807) is 18.2 Å². The molecule has 1 aliphatic rings. The van der Waals surface area contributed by atoms with Gasteiger partial charge in [-0.25, -0.2) is 18.4 Å². The molecule has 11 nitrogen and oxygen atoms in total. The summed E-state index contributed by atoms with van der Waals surface area (Å²) in [5.41, 5.74) is 1.16. The number of primary sulfonamides is 1. The molecule has 1 aliphatic heterocycles. The highest BCUT2D eigenvalue weighted by Gasteiger charge is 2.23. The lowest BCUT2D eigenvalue weighted by Crippen LogP contribution is -2.32. The number of piperidine rings is 1. The summed E-state index contributed by atoms with van der Waals surface area (Å²) in [5, 5.41) is 18.8. The van der Waals surface area contributed by atoms with E-state index in [9.17, 15) is 28.1 Å². The van der Waals surface area contributed by atoms with Crippen molar-refractivity contribution in [1.29, 1.82) is 0 Å². The average molecular weight is 491 g/mol. The highest BCUT2D eigenvalue weighted by molar-refractivity contribution is 7.89. The number of sulfonamides is 1. The molecule has 0 atom stereocenters. The summed E-state index contributed by atoms with van der Waals surface area (Å²) in [7, 11) is -3.77. The van der Waals surface area contributed by atoms with Crippen molar-refractivity contribution in [3.8, 4) is 0 Å². The highest BCUT2D eigenvalue weighted by atomic mass is 32.2. The molecule has 3 rings (SSSR count). The van der Waals surface area contributed by atoms with E-state index in [2.05, 4.69) is 5.32 Å². The third kappa shape index (κ3) is 6.75. The van der Waals surface area contributed by atoms with E-state index in [4.69, 9.17) is 9.88 Å². The maximum absolute atomic E-state index is 12.7. The minimum absolute atomic E-state index is 0.00253. The van der Waals surface area contributed by atoms with Gasteiger partial charge in [-0.1, -0.05) is 12.1 Å². The number of carbonyl (C=O) groups is 2. The Labute approximate surface area is 197 Å². The van der Waals surface area contributed by atoms with Gasteiger partial charge in [-0.05, 0) is 49.4 Å². The van der Waals surface area contributed by atoms with Crippen LogP contribution in [0.15, 0.2) is 47.4 Å². The van der Waals surface area contributed by atoms with Crippen LogP contribution in [0.2, 0.25) is 0 Å². The molecule has 1 saturated heterocycles. The molecule has 0 unspecified atom stereocenters. The summed E-state index contributed by atoms with van der Waals surface area (Å²) < 4.78 is 27.7. The van der Waals surface area contributed by atoms with Crippen molar-refractivity contribution >= 4 is 33.3 Å². The van der Waals surface area contributed by atoms with Crippen molar-refractivity contribution < 1.29 is 27.7 Å². The maximum Gasteiger partial charge on any atom is 0.341 e. The van der Waals surface area contributed by atoms with Crippen molar-refractivity contribution in [2.24, 2.45) is 5.14 Å². The van der Waals surface area contributed by atoms with Gasteiger partial charge in [-0.3, -0.25) is 14.9 Å². The lowest BCUT2D eigenvalue weighted by Gasteiger charge is -2.30. The predicted molar refractivity (Wildman–Crippen MR) is 124 cm³/mol. The van der Waals surface area contributed by atoms with Crippen LogP contribution in [-0.4, -0.2) is 51.5 Å². The number of esters is 1. The fourth-order valence-electron chi connectivity index (χ4n) is 3.66. The first kappa shape index (κ1) is 25.1. The van der Waals surface area contributed by atoms with Crippen molar-refractivity contribution in [3.63, 3.8) is 0 Å². The normalized spacial score (nSPS) is 13.9. The summed E-state index contributed by atoms with van der Waals surface area (Å²) in [6.45, 7) is 1.17. The molecule has 0 aromatic heterocycles. The number of carbonyl (C=O) groups excluding carboxylic acids is 2. The van der Waals surface area contributed by atoms with E-state index in [0.717, 1.165) is 37.9 Å². The number of rotatable bonds is 9. The zero-order chi connectivity index (χ0) is 24.7. The van der Waals surface area contributed by atoms with Gasteiger partial charge in [0.15, 0.2) is 6.61 Å². The van der Waals surface area contributed by atoms with E-state index in [-0.39, 0.29) is 22.7 Å². The summed E-state index contributed by atoms with van der Waals surface area (Å²) in [5.74, 6) is -1.34. The Kier molecular flexibility index (Phi) is 8.18. The molecular formula is C22H26N4O7S. The van der Waals surface area contributed by atoms with Crippen LogP contribution in [0.25, 0.3) is 0 Å². The first-order chi connectivity index (χ1) is 16.1. The number of hydrogen-bond donors (Lipinski definition) is 2. The summed E-state index contributed by atoms with van der Waals surface area (Å²) in [4.78, 5) is 37.4. The van der Waals surface area contributed by atoms with Gasteiger partial charge in [0, 0.05) is 31.8 Å². The Hall–Kier alpha value is -3.51. The number of anilines is 1. The third-order valence-electron chi connectivity index (χ3n) is 5.43. The van der Waals surface area contributed by atoms with E-state index < -0.39 is 33.4 Å². The van der Waals surface area contributed by atoms with E-state index in [1.165, 1.54) is 24.3 Å². The summed E-state index contributed by atoms with van der Waals surface area (Å²) >= 11 is 0. The molecule has 0 aliphatic carbocycles. The van der Waals surface area contributed by atoms with Crippen molar-refractivity contribution in [3.05, 3.63) is 63.7 Å². The van der Waals surface area contributed by atoms with Crippen molar-refractivity contribution in [1.82, 2.24) is 5.32 Å². The van der Waals surface area contributed by atoms with Gasteiger partial charge in [-0.15, -0.1) is 0 Å². The van der Waals surface area contributed by atoms with Gasteiger partial charge in [-0.2, -0.15) is 0 Å². The topological polar surface area (TPSA) is 162 Å². The van der Waals surface area contributed by atoms with Gasteiger partial charge >= 0.3 is 5.97 Å². The first-order valence-corrected chi connectivity index (χ1v) is 12.3. The Morgan fingerprint density at radius 3 is 2.38 bits per heavy atom. The molecule has 1 heterocycles. The second kappa shape index (κ2) is 11.1. The van der Waals surface area contributed by atoms with Crippen LogP contribution < -0.4 is 15.4 Å². The number of benzene rings is 2.